The van der Waals surface area contributed by atoms with Gasteiger partial charge in [-0.15, -0.1) is 17.9 Å². The van der Waals surface area contributed by atoms with Crippen LogP contribution in [0.2, 0.25) is 0 Å². The first-order valence-electron chi connectivity index (χ1n) is 6.28. The van der Waals surface area contributed by atoms with E-state index in [9.17, 15) is 0 Å². The summed E-state index contributed by atoms with van der Waals surface area (Å²) in [7, 11) is 3.29. The molecule has 1 unspecified atom stereocenters. The molecule has 0 saturated carbocycles. The zero-order valence-corrected chi connectivity index (χ0v) is 12.4. The summed E-state index contributed by atoms with van der Waals surface area (Å²) in [5, 5.41) is 6.22. The second-order valence-corrected chi connectivity index (χ2v) is 5.04. The Balaban J connectivity index is 2.35. The van der Waals surface area contributed by atoms with E-state index >= 15 is 0 Å². The molecule has 0 amide bonds. The highest BCUT2D eigenvalue weighted by atomic mass is 32.1. The van der Waals surface area contributed by atoms with Crippen LogP contribution >= 0.6 is 11.3 Å². The van der Waals surface area contributed by atoms with Crippen molar-refractivity contribution in [1.29, 1.82) is 0 Å². The monoisotopic (exact) mass is 290 g/mol. The van der Waals surface area contributed by atoms with E-state index in [-0.39, 0.29) is 6.04 Å². The van der Waals surface area contributed by atoms with Gasteiger partial charge in [-0.3, -0.25) is 0 Å². The SMILES string of the molecule is C=CCC(Nc1nccs1)c1cccc(OC)c1OC. The van der Waals surface area contributed by atoms with Crippen molar-refractivity contribution in [2.45, 2.75) is 12.5 Å². The molecule has 1 aromatic heterocycles. The van der Waals surface area contributed by atoms with E-state index in [0.717, 1.165) is 28.6 Å². The number of ether oxygens (including phenoxy) is 2. The van der Waals surface area contributed by atoms with Crippen LogP contribution in [0.1, 0.15) is 18.0 Å². The number of anilines is 1. The lowest BCUT2D eigenvalue weighted by molar-refractivity contribution is 0.350. The smallest absolute Gasteiger partial charge is 0.183 e. The van der Waals surface area contributed by atoms with Gasteiger partial charge in [-0.25, -0.2) is 4.98 Å². The summed E-state index contributed by atoms with van der Waals surface area (Å²) >= 11 is 1.57. The summed E-state index contributed by atoms with van der Waals surface area (Å²) in [6.07, 6.45) is 4.42. The lowest BCUT2D eigenvalue weighted by Crippen LogP contribution is -2.11. The Labute approximate surface area is 123 Å². The van der Waals surface area contributed by atoms with Gasteiger partial charge in [0.2, 0.25) is 0 Å². The summed E-state index contributed by atoms with van der Waals surface area (Å²) in [4.78, 5) is 4.26. The zero-order chi connectivity index (χ0) is 14.4. The van der Waals surface area contributed by atoms with Crippen molar-refractivity contribution >= 4 is 16.5 Å². The number of aromatic nitrogens is 1. The number of hydrogen-bond acceptors (Lipinski definition) is 5. The maximum atomic E-state index is 5.50. The van der Waals surface area contributed by atoms with Gasteiger partial charge in [0.1, 0.15) is 0 Å². The second kappa shape index (κ2) is 6.96. The summed E-state index contributed by atoms with van der Waals surface area (Å²) in [5.74, 6) is 1.46. The van der Waals surface area contributed by atoms with Crippen LogP contribution < -0.4 is 14.8 Å². The van der Waals surface area contributed by atoms with Gasteiger partial charge in [0, 0.05) is 17.1 Å². The summed E-state index contributed by atoms with van der Waals surface area (Å²) in [6, 6.07) is 5.91. The van der Waals surface area contributed by atoms with Crippen LogP contribution in [0, 0.1) is 0 Å². The average Bonchev–Trinajstić information content (AvgIpc) is 2.98. The van der Waals surface area contributed by atoms with Crippen LogP contribution in [0.15, 0.2) is 42.4 Å². The molecule has 2 aromatic rings. The molecule has 20 heavy (non-hydrogen) atoms. The van der Waals surface area contributed by atoms with Crippen molar-refractivity contribution in [2.24, 2.45) is 0 Å². The number of nitrogens with one attached hydrogen (secondary N) is 1. The fourth-order valence-corrected chi connectivity index (χ4v) is 2.64. The number of methoxy groups -OCH3 is 2. The summed E-state index contributed by atoms with van der Waals surface area (Å²) < 4.78 is 10.8. The number of nitrogens with zero attached hydrogens (tertiary/aromatic N) is 1. The summed E-state index contributed by atoms with van der Waals surface area (Å²) in [5.41, 5.74) is 1.03. The molecule has 4 nitrogen and oxygen atoms in total. The molecule has 1 aromatic carbocycles. The Morgan fingerprint density at radius 2 is 2.25 bits per heavy atom. The lowest BCUT2D eigenvalue weighted by Gasteiger charge is -2.21. The van der Waals surface area contributed by atoms with E-state index < -0.39 is 0 Å². The van der Waals surface area contributed by atoms with Crippen molar-refractivity contribution in [3.05, 3.63) is 48.0 Å². The largest absolute Gasteiger partial charge is 0.493 e. The Bertz CT molecular complexity index is 555. The van der Waals surface area contributed by atoms with Gasteiger partial charge in [0.15, 0.2) is 16.6 Å². The average molecular weight is 290 g/mol. The molecule has 0 spiro atoms. The molecule has 0 aliphatic rings. The standard InChI is InChI=1S/C15H18N2O2S/c1-4-6-12(17-15-16-9-10-20-15)11-7-5-8-13(18-2)14(11)19-3/h4-5,7-10,12H,1,6H2,2-3H3,(H,16,17). The number of thiazole rings is 1. The third-order valence-electron chi connectivity index (χ3n) is 2.94. The van der Waals surface area contributed by atoms with Crippen LogP contribution in [-0.2, 0) is 0 Å². The maximum absolute atomic E-state index is 5.50. The van der Waals surface area contributed by atoms with Gasteiger partial charge in [-0.1, -0.05) is 18.2 Å². The molecule has 5 heteroatoms. The molecule has 0 aliphatic carbocycles. The Hall–Kier alpha value is -2.01. The molecule has 0 saturated heterocycles. The first-order valence-corrected chi connectivity index (χ1v) is 7.16. The van der Waals surface area contributed by atoms with Crippen LogP contribution in [0.25, 0.3) is 0 Å². The highest BCUT2D eigenvalue weighted by molar-refractivity contribution is 7.13. The van der Waals surface area contributed by atoms with Crippen LogP contribution in [0.5, 0.6) is 11.5 Å². The predicted octanol–water partition coefficient (Wildman–Crippen LogP) is 3.89. The molecule has 0 aliphatic heterocycles. The van der Waals surface area contributed by atoms with Gasteiger partial charge in [0.25, 0.3) is 0 Å². The van der Waals surface area contributed by atoms with E-state index in [4.69, 9.17) is 9.47 Å². The molecule has 0 bridgehead atoms. The molecular weight excluding hydrogens is 272 g/mol. The quantitative estimate of drug-likeness (QED) is 0.786. The van der Waals surface area contributed by atoms with Gasteiger partial charge >= 0.3 is 0 Å². The summed E-state index contributed by atoms with van der Waals surface area (Å²) in [6.45, 7) is 3.82. The second-order valence-electron chi connectivity index (χ2n) is 4.14. The molecule has 0 fully saturated rings. The van der Waals surface area contributed by atoms with Gasteiger partial charge in [0.05, 0.1) is 20.3 Å². The number of rotatable bonds is 7. The maximum Gasteiger partial charge on any atom is 0.183 e. The topological polar surface area (TPSA) is 43.4 Å². The fourth-order valence-electron chi connectivity index (χ4n) is 2.06. The number of benzene rings is 1. The van der Waals surface area contributed by atoms with E-state index in [2.05, 4.69) is 16.9 Å². The molecule has 1 heterocycles. The third kappa shape index (κ3) is 3.11. The predicted molar refractivity (Wildman–Crippen MR) is 82.8 cm³/mol. The molecule has 106 valence electrons. The van der Waals surface area contributed by atoms with Gasteiger partial charge in [-0.05, 0) is 12.5 Å². The Morgan fingerprint density at radius 1 is 1.40 bits per heavy atom. The van der Waals surface area contributed by atoms with Crippen molar-refractivity contribution in [3.63, 3.8) is 0 Å². The van der Waals surface area contributed by atoms with Crippen LogP contribution in [-0.4, -0.2) is 19.2 Å². The third-order valence-corrected chi connectivity index (χ3v) is 3.65. The zero-order valence-electron chi connectivity index (χ0n) is 11.6. The molecule has 1 atom stereocenters. The number of hydrogen-bond donors (Lipinski definition) is 1. The van der Waals surface area contributed by atoms with Crippen molar-refractivity contribution in [3.8, 4) is 11.5 Å². The highest BCUT2D eigenvalue weighted by Gasteiger charge is 2.18. The van der Waals surface area contributed by atoms with Crippen molar-refractivity contribution < 1.29 is 9.47 Å². The van der Waals surface area contributed by atoms with Gasteiger partial charge < -0.3 is 14.8 Å². The van der Waals surface area contributed by atoms with Crippen LogP contribution in [0.4, 0.5) is 5.13 Å². The number of para-hydroxylation sites is 1. The Kier molecular flexibility index (Phi) is 5.01. The normalized spacial score (nSPS) is 11.7. The first kappa shape index (κ1) is 14.4. The van der Waals surface area contributed by atoms with Crippen molar-refractivity contribution in [2.75, 3.05) is 19.5 Å². The lowest BCUT2D eigenvalue weighted by atomic mass is 10.0. The molecule has 0 radical (unpaired) electrons. The highest BCUT2D eigenvalue weighted by Crippen LogP contribution is 2.37. The minimum Gasteiger partial charge on any atom is -0.493 e. The Morgan fingerprint density at radius 3 is 2.85 bits per heavy atom. The minimum absolute atomic E-state index is 0.0451. The molecule has 1 N–H and O–H groups in total. The van der Waals surface area contributed by atoms with E-state index in [1.54, 1.807) is 31.8 Å². The van der Waals surface area contributed by atoms with Crippen molar-refractivity contribution in [1.82, 2.24) is 4.98 Å². The fraction of sp³-hybridized carbons (Fsp3) is 0.267. The molecule has 2 rings (SSSR count). The van der Waals surface area contributed by atoms with Crippen LogP contribution in [0.3, 0.4) is 0 Å². The van der Waals surface area contributed by atoms with E-state index in [0.29, 0.717) is 0 Å². The van der Waals surface area contributed by atoms with Gasteiger partial charge in [-0.2, -0.15) is 0 Å². The molecular formula is C15H18N2O2S. The van der Waals surface area contributed by atoms with E-state index in [1.807, 2.05) is 29.7 Å². The van der Waals surface area contributed by atoms with E-state index in [1.165, 1.54) is 0 Å². The minimum atomic E-state index is 0.0451. The first-order chi connectivity index (χ1) is 9.80.